The molecular formula is C35H29Cl2N3O12. The second kappa shape index (κ2) is 17.6. The van der Waals surface area contributed by atoms with Gasteiger partial charge in [0.15, 0.2) is 11.5 Å². The molecule has 3 amide bonds. The average molecular weight is 755 g/mol. The quantitative estimate of drug-likeness (QED) is 0.110. The van der Waals surface area contributed by atoms with Gasteiger partial charge in [0.05, 0.1) is 42.5 Å². The Morgan fingerprint density at radius 2 is 1.12 bits per heavy atom. The lowest BCUT2D eigenvalue weighted by Gasteiger charge is -2.24. The van der Waals surface area contributed by atoms with E-state index in [0.29, 0.717) is 5.75 Å². The molecular weight excluding hydrogens is 725 g/mol. The van der Waals surface area contributed by atoms with E-state index in [1.54, 1.807) is 0 Å². The molecule has 0 heterocycles. The van der Waals surface area contributed by atoms with Crippen LogP contribution in [0.1, 0.15) is 41.4 Å². The van der Waals surface area contributed by atoms with E-state index in [0.717, 1.165) is 0 Å². The molecule has 0 aliphatic rings. The highest BCUT2D eigenvalue weighted by Crippen LogP contribution is 2.38. The summed E-state index contributed by atoms with van der Waals surface area (Å²) < 4.78 is 26.1. The summed E-state index contributed by atoms with van der Waals surface area (Å²) in [5, 5.41) is 12.4. The monoisotopic (exact) mass is 753 g/mol. The van der Waals surface area contributed by atoms with Gasteiger partial charge in [-0.25, -0.2) is 14.4 Å². The molecule has 0 unspecified atom stereocenters. The first-order chi connectivity index (χ1) is 24.9. The number of amides is 3. The predicted molar refractivity (Wildman–Crippen MR) is 185 cm³/mol. The van der Waals surface area contributed by atoms with Crippen molar-refractivity contribution in [3.8, 4) is 17.2 Å². The summed E-state index contributed by atoms with van der Waals surface area (Å²) in [5.41, 5.74) is 4.04. The van der Waals surface area contributed by atoms with Gasteiger partial charge in [-0.15, -0.1) is 0 Å². The number of carbonyl (C=O) groups excluding carboxylic acids is 5. The largest absolute Gasteiger partial charge is 0.493 e. The summed E-state index contributed by atoms with van der Waals surface area (Å²) in [6.07, 6.45) is -4.76. The number of hydrogen-bond donors (Lipinski definition) is 4. The molecule has 52 heavy (non-hydrogen) atoms. The summed E-state index contributed by atoms with van der Waals surface area (Å²) in [6, 6.07) is 19.4. The fraction of sp³-hybridized carbons (Fsp3) is 0.143. The van der Waals surface area contributed by atoms with Crippen LogP contribution in [0.15, 0.2) is 84.9 Å². The van der Waals surface area contributed by atoms with Gasteiger partial charge in [0.25, 0.3) is 17.7 Å². The highest BCUT2D eigenvalue weighted by atomic mass is 35.5. The lowest BCUT2D eigenvalue weighted by molar-refractivity contribution is -0.159. The summed E-state index contributed by atoms with van der Waals surface area (Å²) in [5.74, 6) is -6.36. The van der Waals surface area contributed by atoms with Crippen molar-refractivity contribution in [2.24, 2.45) is 0 Å². The van der Waals surface area contributed by atoms with Crippen LogP contribution in [0.2, 0.25) is 10.0 Å². The van der Waals surface area contributed by atoms with Crippen LogP contribution in [0.4, 0.5) is 5.69 Å². The first-order valence-corrected chi connectivity index (χ1v) is 15.6. The highest BCUT2D eigenvalue weighted by Gasteiger charge is 2.41. The Bertz CT molecular complexity index is 1980. The molecule has 270 valence electrons. The van der Waals surface area contributed by atoms with Crippen molar-refractivity contribution in [2.75, 3.05) is 26.6 Å². The number of rotatable bonds is 13. The fourth-order valence-corrected chi connectivity index (χ4v) is 4.91. The molecule has 0 radical (unpaired) electrons. The molecule has 0 spiro atoms. The molecule has 4 aromatic rings. The zero-order chi connectivity index (χ0) is 37.9. The van der Waals surface area contributed by atoms with E-state index >= 15 is 0 Å². The van der Waals surface area contributed by atoms with Crippen LogP contribution in [-0.4, -0.2) is 74.3 Å². The number of esters is 2. The lowest BCUT2D eigenvalue weighted by atomic mass is 10.1. The number of nitrogens with one attached hydrogen (secondary N) is 3. The number of ether oxygens (including phenoxy) is 5. The van der Waals surface area contributed by atoms with Gasteiger partial charge in [0.2, 0.25) is 18.0 Å². The van der Waals surface area contributed by atoms with Crippen molar-refractivity contribution in [1.82, 2.24) is 10.9 Å². The van der Waals surface area contributed by atoms with Gasteiger partial charge < -0.3 is 34.1 Å². The van der Waals surface area contributed by atoms with Gasteiger partial charge in [0.1, 0.15) is 0 Å². The molecule has 15 nitrogen and oxygen atoms in total. The Kier molecular flexibility index (Phi) is 13.0. The van der Waals surface area contributed by atoms with Gasteiger partial charge in [-0.1, -0.05) is 47.5 Å². The fourth-order valence-electron chi connectivity index (χ4n) is 4.49. The molecule has 0 aromatic heterocycles. The number of carbonyl (C=O) groups is 6. The van der Waals surface area contributed by atoms with Crippen LogP contribution >= 0.6 is 23.2 Å². The third kappa shape index (κ3) is 9.26. The van der Waals surface area contributed by atoms with E-state index in [4.69, 9.17) is 46.9 Å². The molecule has 0 fully saturated rings. The van der Waals surface area contributed by atoms with E-state index in [1.807, 2.05) is 5.43 Å². The first-order valence-electron chi connectivity index (χ1n) is 14.8. The molecule has 4 aromatic carbocycles. The van der Waals surface area contributed by atoms with Crippen molar-refractivity contribution in [1.29, 1.82) is 0 Å². The van der Waals surface area contributed by atoms with E-state index in [2.05, 4.69) is 10.7 Å². The van der Waals surface area contributed by atoms with Gasteiger partial charge >= 0.3 is 17.9 Å². The number of hydrazine groups is 1. The van der Waals surface area contributed by atoms with Gasteiger partial charge in [-0.3, -0.25) is 25.2 Å². The first kappa shape index (κ1) is 38.5. The number of methoxy groups -OCH3 is 3. The van der Waals surface area contributed by atoms with E-state index < -0.39 is 47.8 Å². The van der Waals surface area contributed by atoms with Crippen molar-refractivity contribution in [2.45, 2.75) is 12.2 Å². The minimum absolute atomic E-state index is 0.0179. The van der Waals surface area contributed by atoms with Crippen molar-refractivity contribution in [3.05, 3.63) is 117 Å². The second-order valence-electron chi connectivity index (χ2n) is 10.3. The zero-order valence-corrected chi connectivity index (χ0v) is 28.9. The van der Waals surface area contributed by atoms with Gasteiger partial charge in [-0.05, 0) is 60.7 Å². The molecule has 0 aliphatic carbocycles. The molecule has 0 aliphatic heterocycles. The minimum atomic E-state index is -2.42. The Morgan fingerprint density at radius 1 is 0.615 bits per heavy atom. The van der Waals surface area contributed by atoms with Gasteiger partial charge in [0, 0.05) is 16.8 Å². The topological polar surface area (TPSA) is 205 Å². The standard InChI is InChI=1S/C35H29Cl2N3O12/c1-48-25-16-19(17-26(49-2)27(25)50-3)30(41)38-20-14-12-18(13-15-20)31(42)39-40-32(43)28(51-34(46)21-8-4-6-10-23(21)36)29(33(44)45)52-35(47)22-9-5-7-11-24(22)37/h4-17,28-29H,1-3H3,(H,38,41)(H,39,42)(H,40,43)(H,44,45)/t28-,29+/m0/s1. The van der Waals surface area contributed by atoms with Crippen molar-refractivity contribution in [3.63, 3.8) is 0 Å². The third-order valence-corrected chi connectivity index (χ3v) is 7.72. The smallest absolute Gasteiger partial charge is 0.349 e. The highest BCUT2D eigenvalue weighted by molar-refractivity contribution is 6.34. The Labute approximate surface area is 305 Å². The van der Waals surface area contributed by atoms with E-state index in [-0.39, 0.29) is 49.5 Å². The maximum Gasteiger partial charge on any atom is 0.349 e. The number of carboxylic acids is 1. The van der Waals surface area contributed by atoms with Crippen LogP contribution in [0.3, 0.4) is 0 Å². The number of halogens is 2. The normalized spacial score (nSPS) is 11.6. The Morgan fingerprint density at radius 3 is 1.58 bits per heavy atom. The molecule has 2 atom stereocenters. The number of hydrogen-bond acceptors (Lipinski definition) is 11. The summed E-state index contributed by atoms with van der Waals surface area (Å²) in [7, 11) is 4.23. The second-order valence-corrected chi connectivity index (χ2v) is 11.2. The minimum Gasteiger partial charge on any atom is -0.493 e. The molecule has 4 rings (SSSR count). The molecule has 4 N–H and O–H groups in total. The van der Waals surface area contributed by atoms with Gasteiger partial charge in [-0.2, -0.15) is 0 Å². The van der Waals surface area contributed by atoms with E-state index in [9.17, 15) is 33.9 Å². The summed E-state index contributed by atoms with van der Waals surface area (Å²) >= 11 is 12.1. The van der Waals surface area contributed by atoms with Crippen molar-refractivity contribution >= 4 is 64.5 Å². The maximum absolute atomic E-state index is 13.3. The molecule has 17 heteroatoms. The van der Waals surface area contributed by atoms with Crippen LogP contribution in [0.25, 0.3) is 0 Å². The average Bonchev–Trinajstić information content (AvgIpc) is 3.14. The van der Waals surface area contributed by atoms with Crippen LogP contribution in [-0.2, 0) is 19.1 Å². The number of benzene rings is 4. The molecule has 0 saturated carbocycles. The number of carboxylic acid groups (broad SMARTS) is 1. The Balaban J connectivity index is 1.49. The van der Waals surface area contributed by atoms with Crippen LogP contribution in [0.5, 0.6) is 17.2 Å². The lowest BCUT2D eigenvalue weighted by Crippen LogP contribution is -2.54. The number of anilines is 1. The summed E-state index contributed by atoms with van der Waals surface area (Å²) in [4.78, 5) is 77.3. The SMILES string of the molecule is COc1cc(C(=O)Nc2ccc(C(=O)NNC(=O)[C@@H](OC(=O)c3ccccc3Cl)[C@@H](OC(=O)c3ccccc3Cl)C(=O)O)cc2)cc(OC)c1OC. The number of aliphatic carboxylic acids is 1. The maximum atomic E-state index is 13.3. The van der Waals surface area contributed by atoms with Crippen LogP contribution in [0, 0.1) is 0 Å². The predicted octanol–water partition coefficient (Wildman–Crippen LogP) is 4.57. The van der Waals surface area contributed by atoms with E-state index in [1.165, 1.54) is 106 Å². The zero-order valence-electron chi connectivity index (χ0n) is 27.4. The molecule has 0 saturated heterocycles. The Hall–Kier alpha value is -6.32. The third-order valence-electron chi connectivity index (χ3n) is 7.06. The summed E-state index contributed by atoms with van der Waals surface area (Å²) in [6.45, 7) is 0. The molecule has 0 bridgehead atoms. The van der Waals surface area contributed by atoms with Crippen molar-refractivity contribution < 1.29 is 57.6 Å². The van der Waals surface area contributed by atoms with Crippen LogP contribution < -0.4 is 30.4 Å².